The molecule has 3 unspecified atom stereocenters. The number of nitrogens with one attached hydrogen (secondary N) is 2. The molecule has 0 aliphatic rings. The molecule has 3 aromatic rings. The maximum Gasteiger partial charge on any atom is 0.408 e. The smallest absolute Gasteiger partial charge is 0.408 e. The number of amides is 3. The predicted octanol–water partition coefficient (Wildman–Crippen LogP) is 6.58. The summed E-state index contributed by atoms with van der Waals surface area (Å²) in [5.74, 6) is -1.60. The second-order valence-electron chi connectivity index (χ2n) is 14.6. The summed E-state index contributed by atoms with van der Waals surface area (Å²) < 4.78 is 11.3. The van der Waals surface area contributed by atoms with Gasteiger partial charge in [0.15, 0.2) is 0 Å². The fourth-order valence-corrected chi connectivity index (χ4v) is 5.39. The minimum absolute atomic E-state index is 0.0625. The predicted molar refractivity (Wildman–Crippen MR) is 193 cm³/mol. The van der Waals surface area contributed by atoms with Gasteiger partial charge in [-0.2, -0.15) is 0 Å². The number of alkyl carbamates (subject to hydrolysis) is 1. The highest BCUT2D eigenvalue weighted by molar-refractivity contribution is 5.94. The van der Waals surface area contributed by atoms with Crippen LogP contribution in [0.4, 0.5) is 4.79 Å². The number of hydrogen-bond donors (Lipinski definition) is 3. The zero-order valence-electron chi connectivity index (χ0n) is 30.6. The van der Waals surface area contributed by atoms with Gasteiger partial charge in [0.1, 0.15) is 35.1 Å². The van der Waals surface area contributed by atoms with E-state index in [1.807, 2.05) is 62.4 Å². The number of nitrogens with zero attached hydrogens (tertiary/aromatic N) is 1. The van der Waals surface area contributed by atoms with Crippen molar-refractivity contribution in [1.29, 1.82) is 0 Å². The molecule has 3 amide bonds. The maximum atomic E-state index is 14.8. The third kappa shape index (κ3) is 12.9. The van der Waals surface area contributed by atoms with Crippen LogP contribution in [0.3, 0.4) is 0 Å². The van der Waals surface area contributed by atoms with Crippen molar-refractivity contribution in [3.05, 3.63) is 101 Å². The lowest BCUT2D eigenvalue weighted by atomic mass is 9.98. The standard InChI is InChI=1S/C40H53N3O7/c1-9-10-23-43(36(46)32(42-38(48)50-40(6,7)8)25-29-19-21-31(44)22-20-29)34(30-18-14-15-27(2)24-30)35(45)41-33(37(47)49-39(3,4)5)26-28-16-12-11-13-17-28/h11-22,24,32-34,44H,9-10,23,25-26H2,1-8H3,(H,41,45)(H,42,48). The van der Waals surface area contributed by atoms with E-state index in [1.165, 1.54) is 17.0 Å². The summed E-state index contributed by atoms with van der Waals surface area (Å²) in [6, 6.07) is 19.7. The van der Waals surface area contributed by atoms with Crippen molar-refractivity contribution in [3.8, 4) is 5.75 Å². The van der Waals surface area contributed by atoms with Gasteiger partial charge in [-0.1, -0.05) is 85.6 Å². The fourth-order valence-electron chi connectivity index (χ4n) is 5.39. The minimum Gasteiger partial charge on any atom is -0.508 e. The highest BCUT2D eigenvalue weighted by atomic mass is 16.6. The highest BCUT2D eigenvalue weighted by Gasteiger charge is 2.38. The van der Waals surface area contributed by atoms with E-state index in [0.717, 1.165) is 17.5 Å². The van der Waals surface area contributed by atoms with E-state index in [2.05, 4.69) is 10.6 Å². The molecule has 3 rings (SSSR count). The molecule has 0 aromatic heterocycles. The average Bonchev–Trinajstić information content (AvgIpc) is 3.02. The molecule has 0 saturated heterocycles. The number of benzene rings is 3. The Labute approximate surface area is 296 Å². The number of hydrogen-bond acceptors (Lipinski definition) is 7. The van der Waals surface area contributed by atoms with Gasteiger partial charge < -0.3 is 30.1 Å². The summed E-state index contributed by atoms with van der Waals surface area (Å²) >= 11 is 0. The monoisotopic (exact) mass is 687 g/mol. The molecule has 0 spiro atoms. The minimum atomic E-state index is -1.16. The molecule has 3 aromatic carbocycles. The largest absolute Gasteiger partial charge is 0.508 e. The van der Waals surface area contributed by atoms with Gasteiger partial charge in [-0.15, -0.1) is 0 Å². The SMILES string of the molecule is CCCCN(C(=O)C(Cc1ccc(O)cc1)NC(=O)OC(C)(C)C)C(C(=O)NC(Cc1ccccc1)C(=O)OC(C)(C)C)c1cccc(C)c1. The number of ether oxygens (including phenoxy) is 2. The molecule has 10 nitrogen and oxygen atoms in total. The first-order valence-electron chi connectivity index (χ1n) is 17.2. The van der Waals surface area contributed by atoms with Gasteiger partial charge in [0.2, 0.25) is 11.8 Å². The molecule has 0 fully saturated rings. The Bertz CT molecular complexity index is 1580. The van der Waals surface area contributed by atoms with E-state index in [9.17, 15) is 24.3 Å². The van der Waals surface area contributed by atoms with Crippen molar-refractivity contribution in [2.24, 2.45) is 0 Å². The summed E-state index contributed by atoms with van der Waals surface area (Å²) in [7, 11) is 0. The number of aromatic hydroxyl groups is 1. The van der Waals surface area contributed by atoms with E-state index in [4.69, 9.17) is 9.47 Å². The van der Waals surface area contributed by atoms with Crippen molar-refractivity contribution in [3.63, 3.8) is 0 Å². The van der Waals surface area contributed by atoms with Crippen LogP contribution >= 0.6 is 0 Å². The number of carbonyl (C=O) groups excluding carboxylic acids is 4. The van der Waals surface area contributed by atoms with Gasteiger partial charge in [-0.25, -0.2) is 9.59 Å². The number of carbonyl (C=O) groups is 4. The van der Waals surface area contributed by atoms with Gasteiger partial charge >= 0.3 is 12.1 Å². The van der Waals surface area contributed by atoms with E-state index in [1.54, 1.807) is 59.7 Å². The maximum absolute atomic E-state index is 14.8. The lowest BCUT2D eigenvalue weighted by Gasteiger charge is -2.35. The van der Waals surface area contributed by atoms with Gasteiger partial charge in [0, 0.05) is 19.4 Å². The molecule has 0 saturated carbocycles. The number of unbranched alkanes of at least 4 members (excludes halogenated alkanes) is 1. The Morgan fingerprint density at radius 1 is 0.760 bits per heavy atom. The number of phenols is 1. The van der Waals surface area contributed by atoms with Gasteiger partial charge in [0.25, 0.3) is 0 Å². The summed E-state index contributed by atoms with van der Waals surface area (Å²) in [5, 5.41) is 15.5. The summed E-state index contributed by atoms with van der Waals surface area (Å²) in [6.45, 7) is 14.5. The van der Waals surface area contributed by atoms with Crippen LogP contribution in [0, 0.1) is 6.92 Å². The molecular weight excluding hydrogens is 634 g/mol. The highest BCUT2D eigenvalue weighted by Crippen LogP contribution is 2.26. The Hall–Kier alpha value is -4.86. The molecular formula is C40H53N3O7. The first kappa shape index (κ1) is 39.6. The molecule has 0 aliphatic heterocycles. The zero-order valence-corrected chi connectivity index (χ0v) is 30.6. The molecule has 50 heavy (non-hydrogen) atoms. The first-order valence-corrected chi connectivity index (χ1v) is 17.2. The van der Waals surface area contributed by atoms with Crippen LogP contribution in [0.25, 0.3) is 0 Å². The van der Waals surface area contributed by atoms with Crippen molar-refractivity contribution in [2.75, 3.05) is 6.54 Å². The van der Waals surface area contributed by atoms with Crippen LogP contribution in [0.5, 0.6) is 5.75 Å². The van der Waals surface area contributed by atoms with Crippen molar-refractivity contribution in [1.82, 2.24) is 15.5 Å². The van der Waals surface area contributed by atoms with E-state index in [0.29, 0.717) is 17.5 Å². The Kier molecular flexibility index (Phi) is 14.0. The summed E-state index contributed by atoms with van der Waals surface area (Å²) in [6.07, 6.45) is 0.753. The molecule has 0 radical (unpaired) electrons. The van der Waals surface area contributed by atoms with Crippen LogP contribution in [0.1, 0.15) is 89.6 Å². The third-order valence-corrected chi connectivity index (χ3v) is 7.61. The van der Waals surface area contributed by atoms with Crippen LogP contribution in [-0.2, 0) is 36.7 Å². The van der Waals surface area contributed by atoms with Crippen LogP contribution in [-0.4, -0.2) is 63.7 Å². The summed E-state index contributed by atoms with van der Waals surface area (Å²) in [4.78, 5) is 57.5. The Morgan fingerprint density at radius 2 is 1.36 bits per heavy atom. The van der Waals surface area contributed by atoms with Gasteiger partial charge in [-0.3, -0.25) is 9.59 Å². The van der Waals surface area contributed by atoms with Crippen LogP contribution < -0.4 is 10.6 Å². The first-order chi connectivity index (χ1) is 23.5. The van der Waals surface area contributed by atoms with Gasteiger partial charge in [0.05, 0.1) is 0 Å². The van der Waals surface area contributed by atoms with Crippen molar-refractivity contribution >= 4 is 23.9 Å². The van der Waals surface area contributed by atoms with Crippen molar-refractivity contribution < 1.29 is 33.8 Å². The van der Waals surface area contributed by atoms with Crippen molar-refractivity contribution in [2.45, 2.75) is 110 Å². The normalized spacial score (nSPS) is 13.4. The lowest BCUT2D eigenvalue weighted by molar-refractivity contribution is -0.159. The van der Waals surface area contributed by atoms with E-state index < -0.39 is 53.2 Å². The van der Waals surface area contributed by atoms with E-state index >= 15 is 0 Å². The second kappa shape index (κ2) is 17.7. The molecule has 3 N–H and O–H groups in total. The Balaban J connectivity index is 2.10. The average molecular weight is 688 g/mol. The number of rotatable bonds is 14. The number of phenolic OH excluding ortho intramolecular Hbond substituents is 1. The molecule has 0 heterocycles. The molecule has 0 aliphatic carbocycles. The quantitative estimate of drug-likeness (QED) is 0.163. The Morgan fingerprint density at radius 3 is 1.94 bits per heavy atom. The lowest BCUT2D eigenvalue weighted by Crippen LogP contribution is -2.55. The summed E-state index contributed by atoms with van der Waals surface area (Å²) in [5.41, 5.74) is 1.31. The van der Waals surface area contributed by atoms with Crippen LogP contribution in [0.2, 0.25) is 0 Å². The zero-order chi connectivity index (χ0) is 37.1. The second-order valence-corrected chi connectivity index (χ2v) is 14.6. The molecule has 270 valence electrons. The topological polar surface area (TPSA) is 134 Å². The van der Waals surface area contributed by atoms with Gasteiger partial charge in [-0.05, 0) is 83.7 Å². The number of esters is 1. The molecule has 3 atom stereocenters. The number of aryl methyl sites for hydroxylation is 1. The third-order valence-electron chi connectivity index (χ3n) is 7.61. The fraction of sp³-hybridized carbons (Fsp3) is 0.450. The van der Waals surface area contributed by atoms with E-state index in [-0.39, 0.29) is 25.1 Å². The molecule has 0 bridgehead atoms. The van der Waals surface area contributed by atoms with Crippen LogP contribution in [0.15, 0.2) is 78.9 Å². The molecule has 10 heteroatoms.